The van der Waals surface area contributed by atoms with Crippen molar-refractivity contribution >= 4 is 16.8 Å². The highest BCUT2D eigenvalue weighted by atomic mass is 31.2. The molecule has 2 heterocycles. The van der Waals surface area contributed by atoms with Gasteiger partial charge in [-0.05, 0) is 73.2 Å². The summed E-state index contributed by atoms with van der Waals surface area (Å²) in [6, 6.07) is 24.7. The average molecular weight is 691 g/mol. The number of benzene rings is 4. The van der Waals surface area contributed by atoms with Crippen molar-refractivity contribution in [3.05, 3.63) is 83.9 Å². The Balaban J connectivity index is 1.73. The van der Waals surface area contributed by atoms with Gasteiger partial charge in [-0.2, -0.15) is 0 Å². The molecule has 6 rings (SSSR count). The van der Waals surface area contributed by atoms with Crippen LogP contribution in [0.25, 0.3) is 33.4 Å². The van der Waals surface area contributed by atoms with Crippen molar-refractivity contribution in [2.45, 2.75) is 64.4 Å². The second kappa shape index (κ2) is 15.1. The van der Waals surface area contributed by atoms with Crippen LogP contribution < -0.4 is 18.9 Å². The number of hydrogen-bond acceptors (Lipinski definition) is 8. The predicted octanol–water partition coefficient (Wildman–Crippen LogP) is 9.99. The molecule has 4 aromatic carbocycles. The minimum atomic E-state index is -1.27. The highest BCUT2D eigenvalue weighted by Crippen LogP contribution is 2.61. The molecule has 10 heteroatoms. The first-order chi connectivity index (χ1) is 23.3. The lowest BCUT2D eigenvalue weighted by atomic mass is 9.85. The molecular formula is C38H44O8P2. The van der Waals surface area contributed by atoms with Crippen molar-refractivity contribution < 1.29 is 37.0 Å². The van der Waals surface area contributed by atoms with Crippen LogP contribution in [-0.2, 0) is 30.4 Å². The van der Waals surface area contributed by atoms with Gasteiger partial charge in [0.15, 0.2) is 39.7 Å². The van der Waals surface area contributed by atoms with Crippen LogP contribution in [0.15, 0.2) is 72.8 Å². The summed E-state index contributed by atoms with van der Waals surface area (Å²) >= 11 is 0. The van der Waals surface area contributed by atoms with Crippen LogP contribution in [0, 0.1) is 0 Å². The Kier molecular flexibility index (Phi) is 10.9. The van der Waals surface area contributed by atoms with E-state index in [1.54, 1.807) is 28.4 Å². The summed E-state index contributed by atoms with van der Waals surface area (Å²) in [7, 11) is 4.14. The third kappa shape index (κ3) is 6.80. The molecule has 0 bridgehead atoms. The van der Waals surface area contributed by atoms with E-state index in [0.29, 0.717) is 35.3 Å². The molecule has 48 heavy (non-hydrogen) atoms. The Bertz CT molecular complexity index is 1570. The van der Waals surface area contributed by atoms with Gasteiger partial charge in [0.05, 0.1) is 52.9 Å². The maximum Gasteiger partial charge on any atom is 0.175 e. The SMILES string of the molecule is COc1cc(-c2ccccc2)c(CP2OC(C)C(C)O2)c(-c2c(CP3OC(C)C(C)O3)c(-c3ccccc3)cc(OC)c2OC)c1OC. The molecule has 4 atom stereocenters. The lowest BCUT2D eigenvalue weighted by molar-refractivity contribution is 0.187. The first-order valence-electron chi connectivity index (χ1n) is 16.2. The van der Waals surface area contributed by atoms with Gasteiger partial charge in [-0.3, -0.25) is 0 Å². The predicted molar refractivity (Wildman–Crippen MR) is 192 cm³/mol. The number of rotatable bonds is 11. The van der Waals surface area contributed by atoms with Crippen LogP contribution in [0.4, 0.5) is 0 Å². The molecule has 2 saturated heterocycles. The van der Waals surface area contributed by atoms with Gasteiger partial charge >= 0.3 is 0 Å². The monoisotopic (exact) mass is 690 g/mol. The molecule has 0 aromatic heterocycles. The topological polar surface area (TPSA) is 73.8 Å². The van der Waals surface area contributed by atoms with Crippen molar-refractivity contribution in [1.29, 1.82) is 0 Å². The van der Waals surface area contributed by atoms with E-state index >= 15 is 0 Å². The van der Waals surface area contributed by atoms with Crippen LogP contribution in [0.2, 0.25) is 0 Å². The molecule has 2 aliphatic heterocycles. The van der Waals surface area contributed by atoms with Crippen molar-refractivity contribution in [3.8, 4) is 56.4 Å². The zero-order valence-corrected chi connectivity index (χ0v) is 30.6. The molecule has 0 aliphatic carbocycles. The van der Waals surface area contributed by atoms with Gasteiger partial charge in [-0.15, -0.1) is 0 Å². The van der Waals surface area contributed by atoms with E-state index < -0.39 is 16.8 Å². The third-order valence-electron chi connectivity index (χ3n) is 9.01. The minimum absolute atomic E-state index is 0.0186. The van der Waals surface area contributed by atoms with E-state index in [0.717, 1.165) is 44.5 Å². The third-order valence-corrected chi connectivity index (χ3v) is 12.4. The fraction of sp³-hybridized carbons (Fsp3) is 0.368. The molecule has 0 amide bonds. The quantitative estimate of drug-likeness (QED) is 0.144. The fourth-order valence-corrected chi connectivity index (χ4v) is 9.96. The zero-order valence-electron chi connectivity index (χ0n) is 28.8. The Morgan fingerprint density at radius 3 is 1.12 bits per heavy atom. The Morgan fingerprint density at radius 1 is 0.500 bits per heavy atom. The Labute approximate surface area is 286 Å². The minimum Gasteiger partial charge on any atom is -0.493 e. The van der Waals surface area contributed by atoms with Crippen molar-refractivity contribution in [2.75, 3.05) is 28.4 Å². The molecule has 0 radical (unpaired) electrons. The van der Waals surface area contributed by atoms with Gasteiger partial charge in [0.1, 0.15) is 0 Å². The normalized spacial score (nSPS) is 23.7. The molecule has 4 aromatic rings. The lowest BCUT2D eigenvalue weighted by Gasteiger charge is -2.27. The summed E-state index contributed by atoms with van der Waals surface area (Å²) < 4.78 is 50.4. The second-order valence-corrected chi connectivity index (χ2v) is 14.8. The summed E-state index contributed by atoms with van der Waals surface area (Å²) in [5.41, 5.74) is 7.71. The molecule has 8 nitrogen and oxygen atoms in total. The summed E-state index contributed by atoms with van der Waals surface area (Å²) in [5.74, 6) is 2.35. The fourth-order valence-electron chi connectivity index (χ4n) is 6.22. The van der Waals surface area contributed by atoms with Crippen molar-refractivity contribution in [1.82, 2.24) is 0 Å². The molecule has 4 unspecified atom stereocenters. The van der Waals surface area contributed by atoms with Crippen LogP contribution >= 0.6 is 16.8 Å². The van der Waals surface area contributed by atoms with Crippen molar-refractivity contribution in [2.24, 2.45) is 0 Å². The van der Waals surface area contributed by atoms with E-state index in [2.05, 4.69) is 52.0 Å². The van der Waals surface area contributed by atoms with Gasteiger partial charge in [-0.1, -0.05) is 60.7 Å². The second-order valence-electron chi connectivity index (χ2n) is 12.0. The maximum absolute atomic E-state index is 6.42. The lowest BCUT2D eigenvalue weighted by Crippen LogP contribution is -2.13. The van der Waals surface area contributed by atoms with Crippen molar-refractivity contribution in [3.63, 3.8) is 0 Å². The van der Waals surface area contributed by atoms with Crippen LogP contribution in [0.1, 0.15) is 38.8 Å². The van der Waals surface area contributed by atoms with E-state index in [1.165, 1.54) is 0 Å². The molecule has 0 saturated carbocycles. The zero-order chi connectivity index (χ0) is 33.9. The summed E-state index contributed by atoms with van der Waals surface area (Å²) in [6.45, 7) is 8.23. The molecule has 2 aliphatic rings. The number of hydrogen-bond donors (Lipinski definition) is 0. The van der Waals surface area contributed by atoms with Gasteiger partial charge in [0.25, 0.3) is 0 Å². The van der Waals surface area contributed by atoms with Gasteiger partial charge in [0.2, 0.25) is 0 Å². The van der Waals surface area contributed by atoms with Crippen LogP contribution in [0.5, 0.6) is 23.0 Å². The van der Waals surface area contributed by atoms with E-state index in [-0.39, 0.29) is 24.4 Å². The smallest absolute Gasteiger partial charge is 0.175 e. The van der Waals surface area contributed by atoms with Crippen LogP contribution in [0.3, 0.4) is 0 Å². The average Bonchev–Trinajstić information content (AvgIpc) is 3.61. The number of methoxy groups -OCH3 is 4. The van der Waals surface area contributed by atoms with E-state index in [9.17, 15) is 0 Å². The molecule has 2 fully saturated rings. The van der Waals surface area contributed by atoms with E-state index in [4.69, 9.17) is 37.0 Å². The molecular weight excluding hydrogens is 646 g/mol. The molecule has 0 N–H and O–H groups in total. The van der Waals surface area contributed by atoms with Gasteiger partial charge in [0, 0.05) is 23.5 Å². The maximum atomic E-state index is 6.42. The number of ether oxygens (including phenoxy) is 4. The largest absolute Gasteiger partial charge is 0.493 e. The summed E-state index contributed by atoms with van der Waals surface area (Å²) in [4.78, 5) is 0. The highest BCUT2D eigenvalue weighted by molar-refractivity contribution is 7.47. The first kappa shape index (κ1) is 34.6. The molecule has 254 valence electrons. The first-order valence-corrected chi connectivity index (χ1v) is 18.9. The van der Waals surface area contributed by atoms with E-state index in [1.807, 2.05) is 48.5 Å². The standard InChI is InChI=1S/C38H44O8P2/c1-23-24(2)44-47(43-23)21-31-29(27-15-11-9-12-16-27)19-33(39-5)37(41-7)35(31)36-32(22-48-45-25(3)26(4)46-48)30(28-17-13-10-14-18-28)20-34(40-6)38(36)42-8/h9-20,23-26H,21-22H2,1-8H3. The Hall–Kier alpha value is -3.22. The summed E-state index contributed by atoms with van der Waals surface area (Å²) in [5, 5.41) is 0. The van der Waals surface area contributed by atoms with Gasteiger partial charge in [-0.25, -0.2) is 0 Å². The van der Waals surface area contributed by atoms with Gasteiger partial charge < -0.3 is 37.0 Å². The highest BCUT2D eigenvalue weighted by Gasteiger charge is 2.37. The molecule has 0 spiro atoms. The summed E-state index contributed by atoms with van der Waals surface area (Å²) in [6.07, 6.45) is 0.954. The van der Waals surface area contributed by atoms with Crippen LogP contribution in [-0.4, -0.2) is 52.9 Å². The Morgan fingerprint density at radius 2 is 0.833 bits per heavy atom.